The molecule has 0 spiro atoms. The maximum atomic E-state index is 12.3. The lowest BCUT2D eigenvalue weighted by Gasteiger charge is -2.35. The fourth-order valence-corrected chi connectivity index (χ4v) is 2.57. The number of hydrogen-bond donors (Lipinski definition) is 2. The van der Waals surface area contributed by atoms with Gasteiger partial charge in [0.2, 0.25) is 0 Å². The van der Waals surface area contributed by atoms with Gasteiger partial charge in [-0.15, -0.1) is 0 Å². The smallest absolute Gasteiger partial charge is 0.303 e. The number of amides is 1. The average molecular weight is 262 g/mol. The largest absolute Gasteiger partial charge is 0.481 e. The van der Waals surface area contributed by atoms with E-state index in [1.54, 1.807) is 17.0 Å². The quantitative estimate of drug-likeness (QED) is 0.849. The van der Waals surface area contributed by atoms with E-state index >= 15 is 0 Å². The monoisotopic (exact) mass is 262 g/mol. The van der Waals surface area contributed by atoms with E-state index in [0.29, 0.717) is 25.1 Å². The minimum atomic E-state index is -0.841. The Bertz CT molecular complexity index is 461. The molecule has 1 aliphatic heterocycles. The van der Waals surface area contributed by atoms with Gasteiger partial charge in [0.05, 0.1) is 0 Å². The van der Waals surface area contributed by atoms with Crippen LogP contribution in [0, 0.1) is 5.92 Å². The number of nitrogens with two attached hydrogens (primary N) is 1. The Kier molecular flexibility index (Phi) is 4.16. The zero-order chi connectivity index (χ0) is 13.8. The lowest BCUT2D eigenvalue weighted by atomic mass is 9.91. The Morgan fingerprint density at radius 2 is 1.95 bits per heavy atom. The molecule has 1 aromatic rings. The number of carbonyl (C=O) groups excluding carboxylic acids is 1. The molecule has 2 rings (SSSR count). The third kappa shape index (κ3) is 3.54. The van der Waals surface area contributed by atoms with Crippen LogP contribution in [-0.2, 0) is 4.79 Å². The summed E-state index contributed by atoms with van der Waals surface area (Å²) in [4.78, 5) is 24.7. The van der Waals surface area contributed by atoms with Gasteiger partial charge in [0, 0.05) is 31.1 Å². The first-order valence-corrected chi connectivity index (χ1v) is 6.38. The SMILES string of the molecule is NC1CC(CC(=O)O)CN(C(=O)c2ccccc2)C1. The standard InChI is InChI=1S/C14H18N2O3/c15-12-6-10(7-13(17)18)8-16(9-12)14(19)11-4-2-1-3-5-11/h1-5,10,12H,6-9,15H2,(H,17,18). The van der Waals surface area contributed by atoms with E-state index in [9.17, 15) is 9.59 Å². The topological polar surface area (TPSA) is 83.6 Å². The number of nitrogens with zero attached hydrogens (tertiary/aromatic N) is 1. The van der Waals surface area contributed by atoms with Gasteiger partial charge in [-0.25, -0.2) is 0 Å². The molecule has 0 aromatic heterocycles. The third-order valence-electron chi connectivity index (χ3n) is 3.34. The number of carboxylic acid groups (broad SMARTS) is 1. The second kappa shape index (κ2) is 5.84. The zero-order valence-corrected chi connectivity index (χ0v) is 10.7. The van der Waals surface area contributed by atoms with Crippen LogP contribution < -0.4 is 5.73 Å². The zero-order valence-electron chi connectivity index (χ0n) is 10.7. The lowest BCUT2D eigenvalue weighted by molar-refractivity contribution is -0.138. The number of rotatable bonds is 3. The lowest BCUT2D eigenvalue weighted by Crippen LogP contribution is -2.49. The molecule has 5 nitrogen and oxygen atoms in total. The highest BCUT2D eigenvalue weighted by atomic mass is 16.4. The summed E-state index contributed by atoms with van der Waals surface area (Å²) >= 11 is 0. The number of carboxylic acids is 1. The van der Waals surface area contributed by atoms with Crippen LogP contribution in [0.2, 0.25) is 0 Å². The molecule has 3 N–H and O–H groups in total. The molecule has 2 unspecified atom stereocenters. The Balaban J connectivity index is 2.07. The van der Waals surface area contributed by atoms with Crippen molar-refractivity contribution >= 4 is 11.9 Å². The highest BCUT2D eigenvalue weighted by Gasteiger charge is 2.29. The molecule has 1 aliphatic rings. The Morgan fingerprint density at radius 3 is 2.58 bits per heavy atom. The molecule has 19 heavy (non-hydrogen) atoms. The van der Waals surface area contributed by atoms with Crippen LogP contribution in [0.3, 0.4) is 0 Å². The number of hydrogen-bond acceptors (Lipinski definition) is 3. The summed E-state index contributed by atoms with van der Waals surface area (Å²) in [6, 6.07) is 8.85. The number of carbonyl (C=O) groups is 2. The molecule has 1 heterocycles. The second-order valence-corrected chi connectivity index (χ2v) is 5.04. The summed E-state index contributed by atoms with van der Waals surface area (Å²) in [5, 5.41) is 8.85. The number of likely N-dealkylation sites (tertiary alicyclic amines) is 1. The van der Waals surface area contributed by atoms with Gasteiger partial charge in [-0.3, -0.25) is 9.59 Å². The number of benzene rings is 1. The molecule has 0 bridgehead atoms. The van der Waals surface area contributed by atoms with Gasteiger partial charge in [0.15, 0.2) is 0 Å². The summed E-state index contributed by atoms with van der Waals surface area (Å²) in [6.07, 6.45) is 0.719. The van der Waals surface area contributed by atoms with Crippen molar-refractivity contribution in [3.05, 3.63) is 35.9 Å². The van der Waals surface area contributed by atoms with Crippen LogP contribution in [0.4, 0.5) is 0 Å². The predicted octanol–water partition coefficient (Wildman–Crippen LogP) is 0.951. The average Bonchev–Trinajstić information content (AvgIpc) is 2.37. The van der Waals surface area contributed by atoms with Crippen molar-refractivity contribution < 1.29 is 14.7 Å². The molecule has 0 aliphatic carbocycles. The molecule has 0 radical (unpaired) electrons. The molecule has 1 fully saturated rings. The van der Waals surface area contributed by atoms with Crippen molar-refractivity contribution in [3.63, 3.8) is 0 Å². The normalized spacial score (nSPS) is 23.1. The third-order valence-corrected chi connectivity index (χ3v) is 3.34. The van der Waals surface area contributed by atoms with Crippen molar-refractivity contribution in [3.8, 4) is 0 Å². The Morgan fingerprint density at radius 1 is 1.26 bits per heavy atom. The molecular formula is C14H18N2O3. The van der Waals surface area contributed by atoms with Crippen molar-refractivity contribution in [2.75, 3.05) is 13.1 Å². The van der Waals surface area contributed by atoms with E-state index in [4.69, 9.17) is 10.8 Å². The highest BCUT2D eigenvalue weighted by Crippen LogP contribution is 2.20. The van der Waals surface area contributed by atoms with E-state index in [1.165, 1.54) is 0 Å². The van der Waals surface area contributed by atoms with Gasteiger partial charge in [-0.05, 0) is 24.5 Å². The van der Waals surface area contributed by atoms with Crippen molar-refractivity contribution in [2.24, 2.45) is 11.7 Å². The van der Waals surface area contributed by atoms with Gasteiger partial charge in [0.25, 0.3) is 5.91 Å². The first-order chi connectivity index (χ1) is 9.06. The maximum absolute atomic E-state index is 12.3. The van der Waals surface area contributed by atoms with Crippen LogP contribution in [-0.4, -0.2) is 41.0 Å². The molecule has 1 aromatic carbocycles. The van der Waals surface area contributed by atoms with Crippen molar-refractivity contribution in [1.29, 1.82) is 0 Å². The summed E-state index contributed by atoms with van der Waals surface area (Å²) in [6.45, 7) is 0.956. The van der Waals surface area contributed by atoms with E-state index in [1.807, 2.05) is 18.2 Å². The summed E-state index contributed by atoms with van der Waals surface area (Å²) in [5.74, 6) is -0.980. The first-order valence-electron chi connectivity index (χ1n) is 6.38. The van der Waals surface area contributed by atoms with Crippen molar-refractivity contribution in [1.82, 2.24) is 4.90 Å². The molecule has 2 atom stereocenters. The molecule has 102 valence electrons. The summed E-state index contributed by atoms with van der Waals surface area (Å²) < 4.78 is 0. The van der Waals surface area contributed by atoms with E-state index < -0.39 is 5.97 Å². The maximum Gasteiger partial charge on any atom is 0.303 e. The summed E-state index contributed by atoms with van der Waals surface area (Å²) in [7, 11) is 0. The predicted molar refractivity (Wildman–Crippen MR) is 70.7 cm³/mol. The van der Waals surface area contributed by atoms with E-state index in [0.717, 1.165) is 0 Å². The second-order valence-electron chi connectivity index (χ2n) is 5.04. The van der Waals surface area contributed by atoms with Gasteiger partial charge in [0.1, 0.15) is 0 Å². The Hall–Kier alpha value is -1.88. The molecular weight excluding hydrogens is 244 g/mol. The van der Waals surface area contributed by atoms with Crippen LogP contribution >= 0.6 is 0 Å². The van der Waals surface area contributed by atoms with Crippen molar-refractivity contribution in [2.45, 2.75) is 18.9 Å². The van der Waals surface area contributed by atoms with Crippen LogP contribution in [0.5, 0.6) is 0 Å². The molecule has 1 amide bonds. The fourth-order valence-electron chi connectivity index (χ4n) is 2.57. The first kappa shape index (κ1) is 13.5. The van der Waals surface area contributed by atoms with Crippen LogP contribution in [0.15, 0.2) is 30.3 Å². The van der Waals surface area contributed by atoms with Gasteiger partial charge >= 0.3 is 5.97 Å². The molecule has 5 heteroatoms. The van der Waals surface area contributed by atoms with Gasteiger partial charge in [-0.2, -0.15) is 0 Å². The molecule has 1 saturated heterocycles. The Labute approximate surface area is 112 Å². The minimum Gasteiger partial charge on any atom is -0.481 e. The van der Waals surface area contributed by atoms with Crippen LogP contribution in [0.25, 0.3) is 0 Å². The van der Waals surface area contributed by atoms with Crippen LogP contribution in [0.1, 0.15) is 23.2 Å². The highest BCUT2D eigenvalue weighted by molar-refractivity contribution is 5.94. The summed E-state index contributed by atoms with van der Waals surface area (Å²) in [5.41, 5.74) is 6.54. The number of piperidine rings is 1. The van der Waals surface area contributed by atoms with Gasteiger partial charge in [-0.1, -0.05) is 18.2 Å². The molecule has 0 saturated carbocycles. The van der Waals surface area contributed by atoms with Gasteiger partial charge < -0.3 is 15.7 Å². The minimum absolute atomic E-state index is 0.0612. The fraction of sp³-hybridized carbons (Fsp3) is 0.429. The number of aliphatic carboxylic acids is 1. The van der Waals surface area contributed by atoms with E-state index in [-0.39, 0.29) is 24.3 Å². The van der Waals surface area contributed by atoms with E-state index in [2.05, 4.69) is 0 Å².